The van der Waals surface area contributed by atoms with Crippen LogP contribution in [0.15, 0.2) is 24.3 Å². The van der Waals surface area contributed by atoms with Gasteiger partial charge in [-0.25, -0.2) is 4.79 Å². The standard InChI is InChI=1S/C16H21NO4/c1-10(12-5-3-4-6-13(12)21-2)9-14(18)17-15(16(19)20)11-7-8-11/h3-6,10-11,15H,7-9H2,1-2H3,(H,17,18)(H,19,20). The van der Waals surface area contributed by atoms with E-state index >= 15 is 0 Å². The predicted octanol–water partition coefficient (Wildman–Crippen LogP) is 2.17. The summed E-state index contributed by atoms with van der Waals surface area (Å²) in [6.07, 6.45) is 2.00. The fourth-order valence-corrected chi connectivity index (χ4v) is 2.50. The molecule has 21 heavy (non-hydrogen) atoms. The maximum Gasteiger partial charge on any atom is 0.326 e. The molecule has 2 rings (SSSR count). The Morgan fingerprint density at radius 2 is 2.05 bits per heavy atom. The molecule has 2 atom stereocenters. The Bertz CT molecular complexity index is 525. The molecule has 1 aliphatic carbocycles. The van der Waals surface area contributed by atoms with Crippen molar-refractivity contribution in [1.29, 1.82) is 0 Å². The number of carbonyl (C=O) groups is 2. The van der Waals surface area contributed by atoms with Gasteiger partial charge in [0.1, 0.15) is 11.8 Å². The molecule has 1 aromatic rings. The summed E-state index contributed by atoms with van der Waals surface area (Å²) < 4.78 is 5.29. The lowest BCUT2D eigenvalue weighted by Gasteiger charge is -2.18. The van der Waals surface area contributed by atoms with Crippen molar-refractivity contribution in [2.45, 2.75) is 38.1 Å². The quantitative estimate of drug-likeness (QED) is 0.807. The average Bonchev–Trinajstić information content (AvgIpc) is 3.28. The van der Waals surface area contributed by atoms with Gasteiger partial charge in [-0.3, -0.25) is 4.79 Å². The van der Waals surface area contributed by atoms with Crippen molar-refractivity contribution in [2.75, 3.05) is 7.11 Å². The maximum absolute atomic E-state index is 12.1. The van der Waals surface area contributed by atoms with Crippen LogP contribution in [0.5, 0.6) is 5.75 Å². The SMILES string of the molecule is COc1ccccc1C(C)CC(=O)NC(C(=O)O)C1CC1. The Labute approximate surface area is 124 Å². The van der Waals surface area contributed by atoms with Crippen molar-refractivity contribution in [3.05, 3.63) is 29.8 Å². The second kappa shape index (κ2) is 6.61. The number of benzene rings is 1. The summed E-state index contributed by atoms with van der Waals surface area (Å²) >= 11 is 0. The number of nitrogens with one attached hydrogen (secondary N) is 1. The molecule has 0 spiro atoms. The molecule has 2 N–H and O–H groups in total. The lowest BCUT2D eigenvalue weighted by molar-refractivity contribution is -0.142. The number of carboxylic acid groups (broad SMARTS) is 1. The lowest BCUT2D eigenvalue weighted by atomic mass is 9.96. The van der Waals surface area contributed by atoms with Crippen LogP contribution in [0.2, 0.25) is 0 Å². The summed E-state index contributed by atoms with van der Waals surface area (Å²) in [5.74, 6) is -0.374. The fourth-order valence-electron chi connectivity index (χ4n) is 2.50. The van der Waals surface area contributed by atoms with Crippen molar-refractivity contribution >= 4 is 11.9 Å². The molecular formula is C16H21NO4. The Kier molecular flexibility index (Phi) is 4.83. The van der Waals surface area contributed by atoms with Gasteiger partial charge in [0.05, 0.1) is 7.11 Å². The second-order valence-electron chi connectivity index (χ2n) is 5.57. The second-order valence-corrected chi connectivity index (χ2v) is 5.57. The zero-order valence-electron chi connectivity index (χ0n) is 12.3. The van der Waals surface area contributed by atoms with E-state index in [4.69, 9.17) is 9.84 Å². The summed E-state index contributed by atoms with van der Waals surface area (Å²) in [6, 6.07) is 6.81. The van der Waals surface area contributed by atoms with Crippen molar-refractivity contribution in [3.63, 3.8) is 0 Å². The molecule has 2 unspecified atom stereocenters. The van der Waals surface area contributed by atoms with Gasteiger partial charge < -0.3 is 15.2 Å². The van der Waals surface area contributed by atoms with E-state index in [1.54, 1.807) is 7.11 Å². The summed E-state index contributed by atoms with van der Waals surface area (Å²) in [5.41, 5.74) is 0.952. The Morgan fingerprint density at radius 3 is 2.62 bits per heavy atom. The Balaban J connectivity index is 1.96. The van der Waals surface area contributed by atoms with Gasteiger partial charge in [0.25, 0.3) is 0 Å². The number of hydrogen-bond acceptors (Lipinski definition) is 3. The van der Waals surface area contributed by atoms with Crippen LogP contribution in [0.4, 0.5) is 0 Å². The zero-order chi connectivity index (χ0) is 15.4. The molecule has 1 amide bonds. The van der Waals surface area contributed by atoms with Gasteiger partial charge >= 0.3 is 5.97 Å². The normalized spacial score (nSPS) is 16.9. The minimum Gasteiger partial charge on any atom is -0.496 e. The first-order chi connectivity index (χ1) is 10.0. The van der Waals surface area contributed by atoms with Gasteiger partial charge in [-0.1, -0.05) is 25.1 Å². The third-order valence-corrected chi connectivity index (χ3v) is 3.84. The van der Waals surface area contributed by atoms with Gasteiger partial charge in [0.15, 0.2) is 0 Å². The molecule has 1 aromatic carbocycles. The van der Waals surface area contributed by atoms with Crippen molar-refractivity contribution in [3.8, 4) is 5.75 Å². The number of aliphatic carboxylic acids is 1. The number of para-hydroxylation sites is 1. The van der Waals surface area contributed by atoms with Crippen LogP contribution in [0.3, 0.4) is 0 Å². The molecule has 0 radical (unpaired) electrons. The van der Waals surface area contributed by atoms with E-state index < -0.39 is 12.0 Å². The summed E-state index contributed by atoms with van der Waals surface area (Å²) in [7, 11) is 1.60. The molecule has 114 valence electrons. The Hall–Kier alpha value is -2.04. The zero-order valence-corrected chi connectivity index (χ0v) is 12.3. The molecule has 5 heteroatoms. The number of ether oxygens (including phenoxy) is 1. The topological polar surface area (TPSA) is 75.6 Å². The molecule has 5 nitrogen and oxygen atoms in total. The number of methoxy groups -OCH3 is 1. The summed E-state index contributed by atoms with van der Waals surface area (Å²) in [4.78, 5) is 23.2. The van der Waals surface area contributed by atoms with E-state index in [0.717, 1.165) is 24.2 Å². The third-order valence-electron chi connectivity index (χ3n) is 3.84. The minimum atomic E-state index is -0.948. The molecule has 0 aromatic heterocycles. The molecule has 0 aliphatic heterocycles. The van der Waals surface area contributed by atoms with Gasteiger partial charge in [-0.2, -0.15) is 0 Å². The highest BCUT2D eigenvalue weighted by Crippen LogP contribution is 2.33. The number of rotatable bonds is 7. The molecule has 0 bridgehead atoms. The van der Waals surface area contributed by atoms with E-state index in [9.17, 15) is 9.59 Å². The number of carboxylic acids is 1. The van der Waals surface area contributed by atoms with Crippen LogP contribution in [-0.2, 0) is 9.59 Å². The van der Waals surface area contributed by atoms with Crippen LogP contribution in [0.25, 0.3) is 0 Å². The first-order valence-electron chi connectivity index (χ1n) is 7.18. The predicted molar refractivity (Wildman–Crippen MR) is 78.3 cm³/mol. The van der Waals surface area contributed by atoms with Gasteiger partial charge in [-0.05, 0) is 36.3 Å². The molecule has 1 saturated carbocycles. The summed E-state index contributed by atoms with van der Waals surface area (Å²) in [5, 5.41) is 11.8. The number of hydrogen-bond donors (Lipinski definition) is 2. The molecule has 1 fully saturated rings. The molecule has 0 heterocycles. The minimum absolute atomic E-state index is 0.0326. The van der Waals surface area contributed by atoms with Gasteiger partial charge in [0, 0.05) is 6.42 Å². The first-order valence-corrected chi connectivity index (χ1v) is 7.18. The van der Waals surface area contributed by atoms with Crippen LogP contribution in [0.1, 0.15) is 37.7 Å². The van der Waals surface area contributed by atoms with Gasteiger partial charge in [-0.15, -0.1) is 0 Å². The molecule has 1 aliphatic rings. The van der Waals surface area contributed by atoms with E-state index in [2.05, 4.69) is 5.32 Å². The van der Waals surface area contributed by atoms with E-state index in [1.807, 2.05) is 31.2 Å². The van der Waals surface area contributed by atoms with E-state index in [-0.39, 0.29) is 24.2 Å². The smallest absolute Gasteiger partial charge is 0.326 e. The van der Waals surface area contributed by atoms with Crippen molar-refractivity contribution in [2.24, 2.45) is 5.92 Å². The van der Waals surface area contributed by atoms with E-state index in [1.165, 1.54) is 0 Å². The van der Waals surface area contributed by atoms with Crippen molar-refractivity contribution < 1.29 is 19.4 Å². The van der Waals surface area contributed by atoms with Crippen LogP contribution >= 0.6 is 0 Å². The molecule has 0 saturated heterocycles. The highest BCUT2D eigenvalue weighted by Gasteiger charge is 2.37. The van der Waals surface area contributed by atoms with E-state index in [0.29, 0.717) is 0 Å². The third kappa shape index (κ3) is 3.97. The fraction of sp³-hybridized carbons (Fsp3) is 0.500. The maximum atomic E-state index is 12.1. The number of carbonyl (C=O) groups excluding carboxylic acids is 1. The molecular weight excluding hydrogens is 270 g/mol. The highest BCUT2D eigenvalue weighted by molar-refractivity contribution is 5.84. The van der Waals surface area contributed by atoms with Crippen molar-refractivity contribution in [1.82, 2.24) is 5.32 Å². The van der Waals surface area contributed by atoms with Crippen LogP contribution in [0, 0.1) is 5.92 Å². The average molecular weight is 291 g/mol. The lowest BCUT2D eigenvalue weighted by Crippen LogP contribution is -2.42. The highest BCUT2D eigenvalue weighted by atomic mass is 16.5. The summed E-state index contributed by atoms with van der Waals surface area (Å²) in [6.45, 7) is 1.93. The largest absolute Gasteiger partial charge is 0.496 e. The van der Waals surface area contributed by atoms with Crippen LogP contribution in [-0.4, -0.2) is 30.1 Å². The van der Waals surface area contributed by atoms with Gasteiger partial charge in [0.2, 0.25) is 5.91 Å². The van der Waals surface area contributed by atoms with Crippen LogP contribution < -0.4 is 10.1 Å². The number of amides is 1. The first kappa shape index (κ1) is 15.4. The Morgan fingerprint density at radius 1 is 1.38 bits per heavy atom. The monoisotopic (exact) mass is 291 g/mol.